The Balaban J connectivity index is 1.96. The summed E-state index contributed by atoms with van der Waals surface area (Å²) in [5.41, 5.74) is 3.71. The molecule has 0 bridgehead atoms. The van der Waals surface area contributed by atoms with Crippen molar-refractivity contribution in [2.75, 3.05) is 4.90 Å². The Hall–Kier alpha value is -1.91. The van der Waals surface area contributed by atoms with Gasteiger partial charge in [-0.3, -0.25) is 4.68 Å². The molecule has 21 heavy (non-hydrogen) atoms. The molecule has 0 amide bonds. The maximum Gasteiger partial charge on any atom is 0.133 e. The molecule has 0 saturated heterocycles. The maximum absolute atomic E-state index is 4.77. The third-order valence-electron chi connectivity index (χ3n) is 4.03. The number of nitrogens with zero attached hydrogens (tertiary/aromatic N) is 5. The van der Waals surface area contributed by atoms with E-state index in [9.17, 15) is 0 Å². The molecule has 0 unspecified atom stereocenters. The van der Waals surface area contributed by atoms with Crippen LogP contribution in [0.15, 0.2) is 12.3 Å². The van der Waals surface area contributed by atoms with E-state index in [1.807, 2.05) is 17.9 Å². The van der Waals surface area contributed by atoms with E-state index >= 15 is 0 Å². The number of hydrogen-bond acceptors (Lipinski definition) is 4. The summed E-state index contributed by atoms with van der Waals surface area (Å²) in [5, 5.41) is 4.32. The van der Waals surface area contributed by atoms with Gasteiger partial charge in [-0.05, 0) is 5.92 Å². The maximum atomic E-state index is 4.77. The van der Waals surface area contributed by atoms with Gasteiger partial charge in [-0.25, -0.2) is 9.97 Å². The van der Waals surface area contributed by atoms with Crippen molar-refractivity contribution < 1.29 is 0 Å². The number of aryl methyl sites for hydroxylation is 1. The average Bonchev–Trinajstić information content (AvgIpc) is 3.01. The highest BCUT2D eigenvalue weighted by atomic mass is 15.3. The van der Waals surface area contributed by atoms with E-state index in [2.05, 4.69) is 43.8 Å². The Morgan fingerprint density at radius 2 is 1.81 bits per heavy atom. The summed E-state index contributed by atoms with van der Waals surface area (Å²) in [6, 6.07) is 2.13. The molecule has 1 aliphatic rings. The molecule has 2 aromatic rings. The number of hydrogen-bond donors (Lipinski definition) is 0. The van der Waals surface area contributed by atoms with Crippen LogP contribution in [0.4, 0.5) is 5.82 Å². The minimum atomic E-state index is 0.342. The quantitative estimate of drug-likeness (QED) is 0.870. The molecule has 0 saturated carbocycles. The zero-order valence-electron chi connectivity index (χ0n) is 13.5. The van der Waals surface area contributed by atoms with E-state index in [0.29, 0.717) is 11.8 Å². The van der Waals surface area contributed by atoms with Crippen LogP contribution in [-0.2, 0) is 20.1 Å². The van der Waals surface area contributed by atoms with Crippen LogP contribution < -0.4 is 4.90 Å². The molecule has 0 aromatic carbocycles. The summed E-state index contributed by atoms with van der Waals surface area (Å²) in [6.45, 7) is 10.4. The molecule has 2 aromatic heterocycles. The number of fused-ring (bicyclic) bond motifs is 1. The molecule has 3 rings (SSSR count). The molecular weight excluding hydrogens is 262 g/mol. The molecule has 0 atom stereocenters. The van der Waals surface area contributed by atoms with Crippen LogP contribution in [-0.4, -0.2) is 19.7 Å². The molecule has 5 heteroatoms. The van der Waals surface area contributed by atoms with E-state index in [1.165, 1.54) is 11.3 Å². The Kier molecular flexibility index (Phi) is 3.43. The van der Waals surface area contributed by atoms with Crippen molar-refractivity contribution in [3.8, 4) is 0 Å². The van der Waals surface area contributed by atoms with Crippen molar-refractivity contribution in [3.05, 3.63) is 35.0 Å². The number of rotatable bonds is 3. The summed E-state index contributed by atoms with van der Waals surface area (Å²) < 4.78 is 1.96. The second-order valence-corrected chi connectivity index (χ2v) is 6.41. The summed E-state index contributed by atoms with van der Waals surface area (Å²) in [4.78, 5) is 11.8. The zero-order valence-corrected chi connectivity index (χ0v) is 13.5. The first kappa shape index (κ1) is 14.0. The van der Waals surface area contributed by atoms with Crippen molar-refractivity contribution in [3.63, 3.8) is 0 Å². The third-order valence-corrected chi connectivity index (χ3v) is 4.03. The first-order valence-electron chi connectivity index (χ1n) is 7.59. The van der Waals surface area contributed by atoms with E-state index in [1.54, 1.807) is 0 Å². The smallest absolute Gasteiger partial charge is 0.133 e. The monoisotopic (exact) mass is 285 g/mol. The minimum Gasteiger partial charge on any atom is -0.346 e. The van der Waals surface area contributed by atoms with Crippen molar-refractivity contribution in [2.24, 2.45) is 7.05 Å². The van der Waals surface area contributed by atoms with Crippen molar-refractivity contribution in [2.45, 2.75) is 52.6 Å². The van der Waals surface area contributed by atoms with Crippen LogP contribution in [0.25, 0.3) is 0 Å². The molecular formula is C16H23N5. The van der Waals surface area contributed by atoms with Crippen molar-refractivity contribution in [1.82, 2.24) is 19.7 Å². The van der Waals surface area contributed by atoms with Crippen LogP contribution >= 0.6 is 0 Å². The predicted octanol–water partition coefficient (Wildman–Crippen LogP) is 2.98. The van der Waals surface area contributed by atoms with E-state index in [4.69, 9.17) is 9.97 Å². The van der Waals surface area contributed by atoms with Crippen molar-refractivity contribution in [1.29, 1.82) is 0 Å². The highest BCUT2D eigenvalue weighted by molar-refractivity contribution is 5.46. The van der Waals surface area contributed by atoms with Gasteiger partial charge in [0.2, 0.25) is 0 Å². The minimum absolute atomic E-state index is 0.342. The average molecular weight is 285 g/mol. The molecule has 5 nitrogen and oxygen atoms in total. The standard InChI is InChI=1S/C16H23N5/c1-10(2)13-6-15(19-16(18-13)11(3)4)21-8-12-7-17-20(5)14(12)9-21/h6-7,10-11H,8-9H2,1-5H3. The van der Waals surface area contributed by atoms with E-state index < -0.39 is 0 Å². The molecule has 112 valence electrons. The lowest BCUT2D eigenvalue weighted by Crippen LogP contribution is -2.19. The van der Waals surface area contributed by atoms with Gasteiger partial charge in [0.25, 0.3) is 0 Å². The topological polar surface area (TPSA) is 46.8 Å². The first-order valence-corrected chi connectivity index (χ1v) is 7.59. The number of anilines is 1. The van der Waals surface area contributed by atoms with Crippen LogP contribution in [0.3, 0.4) is 0 Å². The van der Waals surface area contributed by atoms with Gasteiger partial charge in [0, 0.05) is 36.8 Å². The highest BCUT2D eigenvalue weighted by Crippen LogP contribution is 2.29. The fourth-order valence-corrected chi connectivity index (χ4v) is 2.64. The van der Waals surface area contributed by atoms with Crippen LogP contribution in [0.5, 0.6) is 0 Å². The van der Waals surface area contributed by atoms with Crippen LogP contribution in [0.1, 0.15) is 62.3 Å². The largest absolute Gasteiger partial charge is 0.346 e. The molecule has 3 heterocycles. The highest BCUT2D eigenvalue weighted by Gasteiger charge is 2.24. The fourth-order valence-electron chi connectivity index (χ4n) is 2.64. The molecule has 1 aliphatic heterocycles. The molecule has 0 spiro atoms. The van der Waals surface area contributed by atoms with Gasteiger partial charge in [-0.1, -0.05) is 27.7 Å². The Labute approximate surface area is 126 Å². The van der Waals surface area contributed by atoms with E-state index in [-0.39, 0.29) is 0 Å². The molecule has 0 radical (unpaired) electrons. The SMILES string of the molecule is CC(C)c1cc(N2Cc3cnn(C)c3C2)nc(C(C)C)n1. The van der Waals surface area contributed by atoms with Crippen LogP contribution in [0, 0.1) is 0 Å². The van der Waals surface area contributed by atoms with Gasteiger partial charge in [0.05, 0.1) is 18.4 Å². The second-order valence-electron chi connectivity index (χ2n) is 6.41. The van der Waals surface area contributed by atoms with Gasteiger partial charge >= 0.3 is 0 Å². The summed E-state index contributed by atoms with van der Waals surface area (Å²) in [5.74, 6) is 2.73. The Morgan fingerprint density at radius 3 is 2.43 bits per heavy atom. The Morgan fingerprint density at radius 1 is 1.05 bits per heavy atom. The first-order chi connectivity index (χ1) is 9.95. The second kappa shape index (κ2) is 5.13. The molecule has 0 fully saturated rings. The fraction of sp³-hybridized carbons (Fsp3) is 0.562. The lowest BCUT2D eigenvalue weighted by Gasteiger charge is -2.20. The van der Waals surface area contributed by atoms with Crippen molar-refractivity contribution >= 4 is 5.82 Å². The molecule has 0 N–H and O–H groups in total. The normalized spacial score (nSPS) is 14.3. The number of aromatic nitrogens is 4. The van der Waals surface area contributed by atoms with Gasteiger partial charge in [-0.2, -0.15) is 5.10 Å². The van der Waals surface area contributed by atoms with Gasteiger partial charge in [0.1, 0.15) is 11.6 Å². The summed E-state index contributed by atoms with van der Waals surface area (Å²) >= 11 is 0. The lowest BCUT2D eigenvalue weighted by atomic mass is 10.1. The Bertz CT molecular complexity index is 630. The predicted molar refractivity (Wildman–Crippen MR) is 83.3 cm³/mol. The van der Waals surface area contributed by atoms with Gasteiger partial charge < -0.3 is 4.90 Å². The zero-order chi connectivity index (χ0) is 15.1. The van der Waals surface area contributed by atoms with E-state index in [0.717, 1.165) is 30.4 Å². The molecule has 0 aliphatic carbocycles. The summed E-state index contributed by atoms with van der Waals surface area (Å²) in [7, 11) is 2.00. The lowest BCUT2D eigenvalue weighted by molar-refractivity contribution is 0.688. The van der Waals surface area contributed by atoms with Gasteiger partial charge in [-0.15, -0.1) is 0 Å². The third kappa shape index (κ3) is 2.52. The van der Waals surface area contributed by atoms with Gasteiger partial charge in [0.15, 0.2) is 0 Å². The van der Waals surface area contributed by atoms with Crippen LogP contribution in [0.2, 0.25) is 0 Å². The summed E-state index contributed by atoms with van der Waals surface area (Å²) in [6.07, 6.45) is 1.96.